The second-order valence-corrected chi connectivity index (χ2v) is 6.98. The second kappa shape index (κ2) is 7.73. The maximum absolute atomic E-state index is 11.7. The highest BCUT2D eigenvalue weighted by molar-refractivity contribution is 8.14. The number of ether oxygens (including phenoxy) is 1. The summed E-state index contributed by atoms with van der Waals surface area (Å²) < 4.78 is 4.82. The van der Waals surface area contributed by atoms with Gasteiger partial charge < -0.3 is 10.1 Å². The molecule has 0 aromatic heterocycles. The number of esters is 1. The Morgan fingerprint density at radius 1 is 1.29 bits per heavy atom. The lowest BCUT2D eigenvalue weighted by Crippen LogP contribution is -2.20. The number of methoxy groups -OCH3 is 1. The Morgan fingerprint density at radius 3 is 2.83 bits per heavy atom. The smallest absolute Gasteiger partial charge is 0.306 e. The average Bonchev–Trinajstić information content (AvgIpc) is 2.61. The summed E-state index contributed by atoms with van der Waals surface area (Å²) >= 11 is 7.63. The van der Waals surface area contributed by atoms with Crippen molar-refractivity contribution in [2.24, 2.45) is 4.99 Å². The van der Waals surface area contributed by atoms with Gasteiger partial charge in [0, 0.05) is 16.0 Å². The van der Waals surface area contributed by atoms with Gasteiger partial charge in [-0.3, -0.25) is 9.79 Å². The molecule has 4 nitrogen and oxygen atoms in total. The normalized spacial score (nSPS) is 17.9. The van der Waals surface area contributed by atoms with Crippen LogP contribution < -0.4 is 5.32 Å². The lowest BCUT2D eigenvalue weighted by molar-refractivity contribution is -0.140. The van der Waals surface area contributed by atoms with Gasteiger partial charge in [-0.25, -0.2) is 0 Å². The SMILES string of the molecule is COC(=O)CC1SC(=NCc2ccccc2)Nc2ccc(Cl)cc21. The molecule has 0 bridgehead atoms. The van der Waals surface area contributed by atoms with Crippen LogP contribution in [0.2, 0.25) is 5.02 Å². The molecule has 0 saturated heterocycles. The van der Waals surface area contributed by atoms with Crippen LogP contribution in [-0.4, -0.2) is 18.2 Å². The van der Waals surface area contributed by atoms with E-state index >= 15 is 0 Å². The number of thioether (sulfide) groups is 1. The Bertz CT molecular complexity index is 765. The molecule has 2 aromatic carbocycles. The van der Waals surface area contributed by atoms with Crippen LogP contribution in [0.1, 0.15) is 22.8 Å². The third-order valence-electron chi connectivity index (χ3n) is 3.68. The first-order chi connectivity index (χ1) is 11.7. The Hall–Kier alpha value is -1.98. The van der Waals surface area contributed by atoms with Gasteiger partial charge >= 0.3 is 5.97 Å². The molecule has 1 N–H and O–H groups in total. The van der Waals surface area contributed by atoms with E-state index in [1.807, 2.05) is 48.5 Å². The number of rotatable bonds is 4. The van der Waals surface area contributed by atoms with Crippen molar-refractivity contribution in [3.8, 4) is 0 Å². The van der Waals surface area contributed by atoms with Crippen LogP contribution in [0.25, 0.3) is 0 Å². The van der Waals surface area contributed by atoms with Gasteiger partial charge in [0.2, 0.25) is 0 Å². The van der Waals surface area contributed by atoms with Gasteiger partial charge in [-0.15, -0.1) is 0 Å². The molecular formula is C18H17ClN2O2S. The van der Waals surface area contributed by atoms with E-state index in [2.05, 4.69) is 10.3 Å². The molecule has 0 spiro atoms. The lowest BCUT2D eigenvalue weighted by atomic mass is 10.1. The summed E-state index contributed by atoms with van der Waals surface area (Å²) in [6, 6.07) is 15.7. The Kier molecular flexibility index (Phi) is 5.43. The molecule has 1 aliphatic heterocycles. The molecule has 0 radical (unpaired) electrons. The highest BCUT2D eigenvalue weighted by Gasteiger charge is 2.27. The Labute approximate surface area is 150 Å². The number of anilines is 1. The molecule has 1 unspecified atom stereocenters. The first-order valence-electron chi connectivity index (χ1n) is 7.54. The van der Waals surface area contributed by atoms with Crippen molar-refractivity contribution < 1.29 is 9.53 Å². The molecule has 2 aromatic rings. The summed E-state index contributed by atoms with van der Waals surface area (Å²) in [7, 11) is 1.40. The van der Waals surface area contributed by atoms with Gasteiger partial charge in [-0.2, -0.15) is 0 Å². The van der Waals surface area contributed by atoms with Crippen LogP contribution >= 0.6 is 23.4 Å². The molecule has 3 rings (SSSR count). The predicted octanol–water partition coefficient (Wildman–Crippen LogP) is 4.66. The molecule has 124 valence electrons. The van der Waals surface area contributed by atoms with Gasteiger partial charge in [0.1, 0.15) is 0 Å². The first kappa shape index (κ1) is 16.9. The minimum Gasteiger partial charge on any atom is -0.469 e. The van der Waals surface area contributed by atoms with Crippen LogP contribution in [0, 0.1) is 0 Å². The highest BCUT2D eigenvalue weighted by atomic mass is 35.5. The molecule has 1 aliphatic rings. The number of carbonyl (C=O) groups excluding carboxylic acids is 1. The van der Waals surface area contributed by atoms with E-state index in [0.29, 0.717) is 11.6 Å². The maximum atomic E-state index is 11.7. The second-order valence-electron chi connectivity index (χ2n) is 5.35. The number of nitrogens with one attached hydrogen (secondary N) is 1. The summed E-state index contributed by atoms with van der Waals surface area (Å²) in [6.45, 7) is 0.587. The van der Waals surface area contributed by atoms with Crippen LogP contribution in [0.3, 0.4) is 0 Å². The van der Waals surface area contributed by atoms with Crippen molar-refractivity contribution in [3.05, 3.63) is 64.7 Å². The number of benzene rings is 2. The third kappa shape index (κ3) is 4.10. The van der Waals surface area contributed by atoms with Gasteiger partial charge in [-0.05, 0) is 29.3 Å². The number of fused-ring (bicyclic) bond motifs is 1. The van der Waals surface area contributed by atoms with E-state index in [1.165, 1.54) is 18.9 Å². The van der Waals surface area contributed by atoms with E-state index < -0.39 is 0 Å². The zero-order chi connectivity index (χ0) is 16.9. The molecule has 1 atom stereocenters. The number of aliphatic imine (C=N–C) groups is 1. The minimum atomic E-state index is -0.247. The van der Waals surface area contributed by atoms with E-state index in [-0.39, 0.29) is 17.6 Å². The summed E-state index contributed by atoms with van der Waals surface area (Å²) in [5.74, 6) is -0.247. The molecule has 0 fully saturated rings. The van der Waals surface area contributed by atoms with Crippen molar-refractivity contribution >= 4 is 40.2 Å². The summed E-state index contributed by atoms with van der Waals surface area (Å²) in [6.07, 6.45) is 0.278. The van der Waals surface area contributed by atoms with E-state index in [4.69, 9.17) is 16.3 Å². The van der Waals surface area contributed by atoms with E-state index in [0.717, 1.165) is 22.0 Å². The average molecular weight is 361 g/mol. The molecule has 24 heavy (non-hydrogen) atoms. The number of halogens is 1. The molecular weight excluding hydrogens is 344 g/mol. The quantitative estimate of drug-likeness (QED) is 0.806. The summed E-state index contributed by atoms with van der Waals surface area (Å²) in [5.41, 5.74) is 3.06. The van der Waals surface area contributed by atoms with E-state index in [9.17, 15) is 4.79 Å². The highest BCUT2D eigenvalue weighted by Crippen LogP contribution is 2.43. The van der Waals surface area contributed by atoms with Crippen molar-refractivity contribution in [2.75, 3.05) is 12.4 Å². The fraction of sp³-hybridized carbons (Fsp3) is 0.222. The maximum Gasteiger partial charge on any atom is 0.306 e. The van der Waals surface area contributed by atoms with Crippen molar-refractivity contribution in [2.45, 2.75) is 18.2 Å². The van der Waals surface area contributed by atoms with Gasteiger partial charge in [0.25, 0.3) is 0 Å². The van der Waals surface area contributed by atoms with Crippen LogP contribution in [0.4, 0.5) is 5.69 Å². The topological polar surface area (TPSA) is 50.7 Å². The summed E-state index contributed by atoms with van der Waals surface area (Å²) in [4.78, 5) is 16.4. The Balaban J connectivity index is 1.84. The largest absolute Gasteiger partial charge is 0.469 e. The lowest BCUT2D eigenvalue weighted by Gasteiger charge is -2.26. The van der Waals surface area contributed by atoms with Crippen molar-refractivity contribution in [3.63, 3.8) is 0 Å². The first-order valence-corrected chi connectivity index (χ1v) is 8.80. The predicted molar refractivity (Wildman–Crippen MR) is 99.6 cm³/mol. The van der Waals surface area contributed by atoms with Gasteiger partial charge in [0.15, 0.2) is 5.17 Å². The minimum absolute atomic E-state index is 0.0677. The van der Waals surface area contributed by atoms with Gasteiger partial charge in [-0.1, -0.05) is 53.7 Å². The van der Waals surface area contributed by atoms with Gasteiger partial charge in [0.05, 0.1) is 20.1 Å². The number of amidine groups is 1. The number of hydrogen-bond acceptors (Lipinski definition) is 4. The van der Waals surface area contributed by atoms with Crippen molar-refractivity contribution in [1.82, 2.24) is 0 Å². The molecule has 0 amide bonds. The standard InChI is InChI=1S/C18H17ClN2O2S/c1-23-17(22)10-16-14-9-13(19)7-8-15(14)21-18(24-16)20-11-12-5-3-2-4-6-12/h2-9,16H,10-11H2,1H3,(H,20,21). The van der Waals surface area contributed by atoms with Crippen LogP contribution in [0.15, 0.2) is 53.5 Å². The number of carbonyl (C=O) groups is 1. The Morgan fingerprint density at radius 2 is 2.08 bits per heavy atom. The zero-order valence-corrected chi connectivity index (χ0v) is 14.7. The van der Waals surface area contributed by atoms with Crippen LogP contribution in [-0.2, 0) is 16.1 Å². The molecule has 1 heterocycles. The van der Waals surface area contributed by atoms with Crippen molar-refractivity contribution in [1.29, 1.82) is 0 Å². The zero-order valence-electron chi connectivity index (χ0n) is 13.2. The monoisotopic (exact) mass is 360 g/mol. The molecule has 0 aliphatic carbocycles. The van der Waals surface area contributed by atoms with E-state index in [1.54, 1.807) is 0 Å². The number of hydrogen-bond donors (Lipinski definition) is 1. The molecule has 6 heteroatoms. The summed E-state index contributed by atoms with van der Waals surface area (Å²) in [5, 5.41) is 4.69. The fourth-order valence-corrected chi connectivity index (χ4v) is 3.77. The fourth-order valence-electron chi connectivity index (χ4n) is 2.47. The molecule has 0 saturated carbocycles. The van der Waals surface area contributed by atoms with Crippen LogP contribution in [0.5, 0.6) is 0 Å². The third-order valence-corrected chi connectivity index (χ3v) is 5.08. The number of nitrogens with zero attached hydrogens (tertiary/aromatic N) is 1.